The number of hydrogen-bond donors (Lipinski definition) is 1. The third kappa shape index (κ3) is 4.04. The molecule has 158 valence electrons. The summed E-state index contributed by atoms with van der Waals surface area (Å²) in [5, 5.41) is 4.80. The maximum absolute atomic E-state index is 12.7. The lowest BCUT2D eigenvalue weighted by Crippen LogP contribution is -2.30. The second kappa shape index (κ2) is 8.49. The minimum Gasteiger partial charge on any atom is -0.495 e. The molecule has 31 heavy (non-hydrogen) atoms. The highest BCUT2D eigenvalue weighted by molar-refractivity contribution is 6.39. The molecule has 1 amide bonds. The van der Waals surface area contributed by atoms with Gasteiger partial charge in [-0.15, -0.1) is 0 Å². The first-order valence-corrected chi connectivity index (χ1v) is 10.1. The molecule has 0 aliphatic heterocycles. The molecule has 0 bridgehead atoms. The minimum atomic E-state index is -1.11. The van der Waals surface area contributed by atoms with E-state index in [0.717, 1.165) is 16.4 Å². The maximum Gasteiger partial charge on any atom is 0.341 e. The van der Waals surface area contributed by atoms with Gasteiger partial charge in [0.1, 0.15) is 16.9 Å². The van der Waals surface area contributed by atoms with E-state index in [9.17, 15) is 9.59 Å². The smallest absolute Gasteiger partial charge is 0.341 e. The number of methoxy groups -OCH3 is 1. The number of anilines is 1. The lowest BCUT2D eigenvalue weighted by Gasteiger charge is -2.16. The molecule has 0 fully saturated rings. The number of amides is 1. The number of fused-ring (bicyclic) bond motifs is 3. The number of carbonyl (C=O) groups is 2. The summed E-state index contributed by atoms with van der Waals surface area (Å²) in [5.41, 5.74) is 1.70. The molecule has 6 nitrogen and oxygen atoms in total. The second-order valence-corrected chi connectivity index (χ2v) is 7.59. The van der Waals surface area contributed by atoms with Crippen molar-refractivity contribution in [2.75, 3.05) is 12.4 Å². The number of rotatable bonds is 5. The lowest BCUT2D eigenvalue weighted by molar-refractivity contribution is -0.123. The largest absolute Gasteiger partial charge is 0.495 e. The van der Waals surface area contributed by atoms with Gasteiger partial charge in [-0.25, -0.2) is 4.79 Å². The van der Waals surface area contributed by atoms with Crippen LogP contribution in [0.1, 0.15) is 17.3 Å². The topological polar surface area (TPSA) is 77.8 Å². The molecule has 8 heteroatoms. The molecule has 4 rings (SSSR count). The van der Waals surface area contributed by atoms with Crippen LogP contribution in [0.5, 0.6) is 5.75 Å². The first kappa shape index (κ1) is 21.0. The summed E-state index contributed by atoms with van der Waals surface area (Å²) in [7, 11) is 1.50. The van der Waals surface area contributed by atoms with E-state index in [-0.39, 0.29) is 15.6 Å². The van der Waals surface area contributed by atoms with Gasteiger partial charge in [-0.1, -0.05) is 47.5 Å². The standard InChI is InChI=1S/C23H17Cl2NO5/c1-12(30-23(28)21-15(24)7-5-8-16(21)25)22(27)26-17-11-19-14(10-20(17)29-2)13-6-3-4-9-18(13)31-19/h3-12H,1-2H3,(H,26,27). The highest BCUT2D eigenvalue weighted by Gasteiger charge is 2.24. The Bertz CT molecular complexity index is 1290. The van der Waals surface area contributed by atoms with Gasteiger partial charge in [-0.2, -0.15) is 0 Å². The number of para-hydroxylation sites is 1. The molecule has 1 N–H and O–H groups in total. The molecule has 1 aromatic heterocycles. The van der Waals surface area contributed by atoms with Crippen LogP contribution in [0.25, 0.3) is 21.9 Å². The van der Waals surface area contributed by atoms with Crippen molar-refractivity contribution in [2.45, 2.75) is 13.0 Å². The molecular formula is C23H17Cl2NO5. The molecule has 0 aliphatic carbocycles. The molecule has 1 unspecified atom stereocenters. The minimum absolute atomic E-state index is 0.00626. The monoisotopic (exact) mass is 457 g/mol. The predicted molar refractivity (Wildman–Crippen MR) is 120 cm³/mol. The van der Waals surface area contributed by atoms with E-state index < -0.39 is 18.0 Å². The van der Waals surface area contributed by atoms with E-state index in [4.69, 9.17) is 37.1 Å². The van der Waals surface area contributed by atoms with E-state index in [1.54, 1.807) is 18.2 Å². The Balaban J connectivity index is 1.57. The molecule has 1 atom stereocenters. The summed E-state index contributed by atoms with van der Waals surface area (Å²) in [4.78, 5) is 25.1. The van der Waals surface area contributed by atoms with Crippen LogP contribution in [0.3, 0.4) is 0 Å². The molecule has 0 spiro atoms. The average Bonchev–Trinajstić information content (AvgIpc) is 3.10. The van der Waals surface area contributed by atoms with Gasteiger partial charge in [0, 0.05) is 16.8 Å². The van der Waals surface area contributed by atoms with Crippen molar-refractivity contribution in [1.29, 1.82) is 0 Å². The van der Waals surface area contributed by atoms with E-state index in [1.807, 2.05) is 24.3 Å². The van der Waals surface area contributed by atoms with Crippen molar-refractivity contribution in [3.8, 4) is 5.75 Å². The summed E-state index contributed by atoms with van der Waals surface area (Å²) in [6.07, 6.45) is -1.11. The van der Waals surface area contributed by atoms with Crippen LogP contribution >= 0.6 is 23.2 Å². The fourth-order valence-corrected chi connectivity index (χ4v) is 3.77. The molecule has 0 aliphatic rings. The number of nitrogens with one attached hydrogen (secondary N) is 1. The zero-order chi connectivity index (χ0) is 22.1. The number of ether oxygens (including phenoxy) is 2. The van der Waals surface area contributed by atoms with Crippen molar-refractivity contribution in [1.82, 2.24) is 0 Å². The highest BCUT2D eigenvalue weighted by atomic mass is 35.5. The fraction of sp³-hybridized carbons (Fsp3) is 0.130. The van der Waals surface area contributed by atoms with Gasteiger partial charge < -0.3 is 19.2 Å². The molecule has 0 radical (unpaired) electrons. The predicted octanol–water partition coefficient (Wildman–Crippen LogP) is 6.09. The molecule has 4 aromatic rings. The SMILES string of the molecule is COc1cc2c(cc1NC(=O)C(C)OC(=O)c1c(Cl)cccc1Cl)oc1ccccc12. The van der Waals surface area contributed by atoms with Gasteiger partial charge in [0.15, 0.2) is 6.10 Å². The quantitative estimate of drug-likeness (QED) is 0.367. The van der Waals surface area contributed by atoms with Gasteiger partial charge in [0.05, 0.1) is 28.4 Å². The summed E-state index contributed by atoms with van der Waals surface area (Å²) in [6, 6.07) is 15.7. The fourth-order valence-electron chi connectivity index (χ4n) is 3.22. The average molecular weight is 458 g/mol. The van der Waals surface area contributed by atoms with Gasteiger partial charge >= 0.3 is 5.97 Å². The van der Waals surface area contributed by atoms with E-state index in [0.29, 0.717) is 17.0 Å². The first-order valence-electron chi connectivity index (χ1n) is 9.34. The Morgan fingerprint density at radius 1 is 0.968 bits per heavy atom. The summed E-state index contributed by atoms with van der Waals surface area (Å²) >= 11 is 12.1. The second-order valence-electron chi connectivity index (χ2n) is 6.78. The summed E-state index contributed by atoms with van der Waals surface area (Å²) < 4.78 is 16.6. The molecule has 3 aromatic carbocycles. The number of furan rings is 1. The lowest BCUT2D eigenvalue weighted by atomic mass is 10.1. The Morgan fingerprint density at radius 2 is 1.68 bits per heavy atom. The van der Waals surface area contributed by atoms with Gasteiger partial charge in [0.2, 0.25) is 0 Å². The van der Waals surface area contributed by atoms with Gasteiger partial charge in [-0.05, 0) is 31.2 Å². The Labute approximate surface area is 187 Å². The van der Waals surface area contributed by atoms with Crippen molar-refractivity contribution in [3.63, 3.8) is 0 Å². The number of esters is 1. The normalized spacial score (nSPS) is 12.0. The molecule has 0 saturated carbocycles. The third-order valence-corrected chi connectivity index (χ3v) is 5.41. The summed E-state index contributed by atoms with van der Waals surface area (Å²) in [5.74, 6) is -0.900. The van der Waals surface area contributed by atoms with Crippen LogP contribution in [-0.4, -0.2) is 25.1 Å². The van der Waals surface area contributed by atoms with Crippen LogP contribution < -0.4 is 10.1 Å². The highest BCUT2D eigenvalue weighted by Crippen LogP contribution is 2.36. The number of carbonyl (C=O) groups excluding carboxylic acids is 2. The van der Waals surface area contributed by atoms with Crippen LogP contribution in [0, 0.1) is 0 Å². The van der Waals surface area contributed by atoms with E-state index in [2.05, 4.69) is 5.32 Å². The Kier molecular flexibility index (Phi) is 5.76. The van der Waals surface area contributed by atoms with Crippen LogP contribution in [-0.2, 0) is 9.53 Å². The maximum atomic E-state index is 12.7. The first-order chi connectivity index (χ1) is 14.9. The van der Waals surface area contributed by atoms with Gasteiger partial charge in [0.25, 0.3) is 5.91 Å². The zero-order valence-electron chi connectivity index (χ0n) is 16.6. The van der Waals surface area contributed by atoms with Crippen molar-refractivity contribution in [2.24, 2.45) is 0 Å². The van der Waals surface area contributed by atoms with Crippen molar-refractivity contribution in [3.05, 3.63) is 70.2 Å². The third-order valence-electron chi connectivity index (χ3n) is 4.78. The van der Waals surface area contributed by atoms with Gasteiger partial charge in [-0.3, -0.25) is 4.79 Å². The summed E-state index contributed by atoms with van der Waals surface area (Å²) in [6.45, 7) is 1.45. The molecule has 0 saturated heterocycles. The molecular weight excluding hydrogens is 441 g/mol. The van der Waals surface area contributed by atoms with E-state index >= 15 is 0 Å². The Hall–Kier alpha value is -3.22. The Morgan fingerprint density at radius 3 is 2.39 bits per heavy atom. The van der Waals surface area contributed by atoms with E-state index in [1.165, 1.54) is 26.2 Å². The van der Waals surface area contributed by atoms with Crippen molar-refractivity contribution < 1.29 is 23.5 Å². The number of benzene rings is 3. The van der Waals surface area contributed by atoms with Crippen molar-refractivity contribution >= 4 is 62.7 Å². The van der Waals surface area contributed by atoms with Crippen LogP contribution in [0.4, 0.5) is 5.69 Å². The molecule has 1 heterocycles. The van der Waals surface area contributed by atoms with Crippen LogP contribution in [0.15, 0.2) is 59.0 Å². The van der Waals surface area contributed by atoms with Crippen LogP contribution in [0.2, 0.25) is 10.0 Å². The zero-order valence-corrected chi connectivity index (χ0v) is 18.1. The number of hydrogen-bond acceptors (Lipinski definition) is 5. The number of halogens is 2.